The van der Waals surface area contributed by atoms with Crippen LogP contribution in [0.5, 0.6) is 0 Å². The molecule has 5 rings (SSSR count). The minimum absolute atomic E-state index is 0. The van der Waals surface area contributed by atoms with Gasteiger partial charge in [0.25, 0.3) is 5.56 Å². The molecular formula is C27H34ClN5O. The molecule has 0 spiro atoms. The number of anilines is 2. The standard InChI is InChI=1S/C27H33N5O.ClH/c33-27-26(31-19-17-30(18-20-31)25-9-5-2-6-10-25)11-14-28-32(27)22-24-12-15-29(16-13-24)21-23-7-3-1-4-8-23;/h1-11,14,24H,12-13,15-22H2;1H. The van der Waals surface area contributed by atoms with Crippen LogP contribution in [0.15, 0.2) is 77.7 Å². The monoisotopic (exact) mass is 479 g/mol. The number of hydrogen-bond donors (Lipinski definition) is 0. The summed E-state index contributed by atoms with van der Waals surface area (Å²) in [5.41, 5.74) is 3.47. The Hall–Kier alpha value is -2.83. The van der Waals surface area contributed by atoms with Gasteiger partial charge in [-0.3, -0.25) is 9.69 Å². The van der Waals surface area contributed by atoms with Crippen LogP contribution in [0, 0.1) is 5.92 Å². The molecule has 180 valence electrons. The van der Waals surface area contributed by atoms with E-state index in [-0.39, 0.29) is 18.0 Å². The zero-order chi connectivity index (χ0) is 22.5. The molecule has 0 bridgehead atoms. The summed E-state index contributed by atoms with van der Waals surface area (Å²) in [6.45, 7) is 7.44. The first-order valence-electron chi connectivity index (χ1n) is 12.1. The van der Waals surface area contributed by atoms with Crippen LogP contribution in [0.2, 0.25) is 0 Å². The predicted octanol–water partition coefficient (Wildman–Crippen LogP) is 3.90. The van der Waals surface area contributed by atoms with E-state index >= 15 is 0 Å². The van der Waals surface area contributed by atoms with Crippen molar-refractivity contribution in [3.05, 3.63) is 88.8 Å². The first kappa shape index (κ1) is 24.3. The number of piperazine rings is 1. The topological polar surface area (TPSA) is 44.6 Å². The second-order valence-corrected chi connectivity index (χ2v) is 9.22. The van der Waals surface area contributed by atoms with E-state index in [0.29, 0.717) is 5.92 Å². The zero-order valence-electron chi connectivity index (χ0n) is 19.6. The maximum atomic E-state index is 13.2. The van der Waals surface area contributed by atoms with Gasteiger partial charge in [0.15, 0.2) is 0 Å². The van der Waals surface area contributed by atoms with Crippen molar-refractivity contribution >= 4 is 23.8 Å². The van der Waals surface area contributed by atoms with Gasteiger partial charge in [-0.1, -0.05) is 48.5 Å². The zero-order valence-corrected chi connectivity index (χ0v) is 20.4. The van der Waals surface area contributed by atoms with Crippen molar-refractivity contribution in [3.63, 3.8) is 0 Å². The SMILES string of the molecule is Cl.O=c1c(N2CCN(c3ccccc3)CC2)ccnn1CC1CCN(Cc2ccccc2)CC1. The van der Waals surface area contributed by atoms with Gasteiger partial charge < -0.3 is 9.80 Å². The minimum atomic E-state index is 0. The molecule has 1 aromatic heterocycles. The van der Waals surface area contributed by atoms with Crippen LogP contribution in [0.1, 0.15) is 18.4 Å². The van der Waals surface area contributed by atoms with Crippen LogP contribution < -0.4 is 15.4 Å². The van der Waals surface area contributed by atoms with Gasteiger partial charge in [0.05, 0.1) is 0 Å². The van der Waals surface area contributed by atoms with Gasteiger partial charge in [-0.2, -0.15) is 5.10 Å². The molecular weight excluding hydrogens is 446 g/mol. The molecule has 0 amide bonds. The molecule has 3 aromatic rings. The van der Waals surface area contributed by atoms with E-state index in [1.165, 1.54) is 11.3 Å². The molecule has 2 fully saturated rings. The third kappa shape index (κ3) is 5.80. The van der Waals surface area contributed by atoms with Crippen LogP contribution in [0.4, 0.5) is 11.4 Å². The van der Waals surface area contributed by atoms with Crippen molar-refractivity contribution in [2.45, 2.75) is 25.9 Å². The number of rotatable bonds is 6. The number of likely N-dealkylation sites (tertiary alicyclic amines) is 1. The number of benzene rings is 2. The van der Waals surface area contributed by atoms with Gasteiger partial charge in [-0.05, 0) is 55.6 Å². The summed E-state index contributed by atoms with van der Waals surface area (Å²) in [7, 11) is 0. The van der Waals surface area contributed by atoms with Gasteiger partial charge in [-0.25, -0.2) is 4.68 Å². The van der Waals surface area contributed by atoms with Gasteiger partial charge in [0.2, 0.25) is 0 Å². The number of aromatic nitrogens is 2. The highest BCUT2D eigenvalue weighted by Gasteiger charge is 2.23. The van der Waals surface area contributed by atoms with E-state index in [1.807, 2.05) is 12.1 Å². The number of nitrogens with zero attached hydrogens (tertiary/aromatic N) is 5. The van der Waals surface area contributed by atoms with Crippen LogP contribution >= 0.6 is 12.4 Å². The summed E-state index contributed by atoms with van der Waals surface area (Å²) in [5, 5.41) is 4.43. The Labute approximate surface area is 208 Å². The molecule has 0 saturated carbocycles. The molecule has 0 atom stereocenters. The maximum Gasteiger partial charge on any atom is 0.290 e. The lowest BCUT2D eigenvalue weighted by molar-refractivity contribution is 0.163. The van der Waals surface area contributed by atoms with Gasteiger partial charge >= 0.3 is 0 Å². The third-order valence-corrected chi connectivity index (χ3v) is 7.02. The summed E-state index contributed by atoms with van der Waals surface area (Å²) < 4.78 is 1.70. The highest BCUT2D eigenvalue weighted by atomic mass is 35.5. The first-order chi connectivity index (χ1) is 16.3. The molecule has 0 unspecified atom stereocenters. The van der Waals surface area contributed by atoms with E-state index in [0.717, 1.165) is 70.9 Å². The molecule has 34 heavy (non-hydrogen) atoms. The van der Waals surface area contributed by atoms with Crippen molar-refractivity contribution in [2.24, 2.45) is 5.92 Å². The molecule has 6 nitrogen and oxygen atoms in total. The Balaban J connectivity index is 0.00000274. The summed E-state index contributed by atoms with van der Waals surface area (Å²) >= 11 is 0. The molecule has 0 N–H and O–H groups in total. The van der Waals surface area contributed by atoms with E-state index < -0.39 is 0 Å². The largest absolute Gasteiger partial charge is 0.368 e. The van der Waals surface area contributed by atoms with E-state index in [4.69, 9.17) is 0 Å². The van der Waals surface area contributed by atoms with E-state index in [9.17, 15) is 4.79 Å². The van der Waals surface area contributed by atoms with E-state index in [1.54, 1.807) is 10.9 Å². The van der Waals surface area contributed by atoms with Crippen LogP contribution in [-0.4, -0.2) is 53.9 Å². The average Bonchev–Trinajstić information content (AvgIpc) is 2.88. The Morgan fingerprint density at radius 3 is 2.06 bits per heavy atom. The summed E-state index contributed by atoms with van der Waals surface area (Å²) in [6.07, 6.45) is 4.02. The molecule has 7 heteroatoms. The second kappa shape index (κ2) is 11.5. The molecule has 2 aliphatic heterocycles. The summed E-state index contributed by atoms with van der Waals surface area (Å²) in [4.78, 5) is 20.4. The van der Waals surface area contributed by atoms with Crippen LogP contribution in [-0.2, 0) is 13.1 Å². The first-order valence-corrected chi connectivity index (χ1v) is 12.1. The molecule has 0 radical (unpaired) electrons. The summed E-state index contributed by atoms with van der Waals surface area (Å²) in [5.74, 6) is 0.507. The van der Waals surface area contributed by atoms with Gasteiger partial charge in [-0.15, -0.1) is 12.4 Å². The highest BCUT2D eigenvalue weighted by Crippen LogP contribution is 2.21. The molecule has 0 aliphatic carbocycles. The van der Waals surface area contributed by atoms with Crippen molar-refractivity contribution in [2.75, 3.05) is 49.1 Å². The average molecular weight is 480 g/mol. The highest BCUT2D eigenvalue weighted by molar-refractivity contribution is 5.85. The fourth-order valence-corrected chi connectivity index (χ4v) is 5.07. The van der Waals surface area contributed by atoms with Crippen molar-refractivity contribution in [1.82, 2.24) is 14.7 Å². The van der Waals surface area contributed by atoms with Crippen molar-refractivity contribution in [1.29, 1.82) is 0 Å². The lowest BCUT2D eigenvalue weighted by Crippen LogP contribution is -2.48. The van der Waals surface area contributed by atoms with Gasteiger partial charge in [0, 0.05) is 51.2 Å². The Morgan fingerprint density at radius 1 is 0.765 bits per heavy atom. The fourth-order valence-electron chi connectivity index (χ4n) is 5.07. The minimum Gasteiger partial charge on any atom is -0.368 e. The number of piperidine rings is 1. The molecule has 3 heterocycles. The van der Waals surface area contributed by atoms with Crippen molar-refractivity contribution in [3.8, 4) is 0 Å². The Kier molecular flexibility index (Phi) is 8.25. The Morgan fingerprint density at radius 2 is 1.38 bits per heavy atom. The van der Waals surface area contributed by atoms with Crippen molar-refractivity contribution < 1.29 is 0 Å². The maximum absolute atomic E-state index is 13.2. The number of para-hydroxylation sites is 1. The molecule has 2 saturated heterocycles. The molecule has 2 aromatic carbocycles. The van der Waals surface area contributed by atoms with E-state index in [2.05, 4.69) is 74.4 Å². The lowest BCUT2D eigenvalue weighted by atomic mass is 9.96. The van der Waals surface area contributed by atoms with Crippen LogP contribution in [0.3, 0.4) is 0 Å². The normalized spacial score (nSPS) is 17.4. The second-order valence-electron chi connectivity index (χ2n) is 9.22. The molecule has 2 aliphatic rings. The number of hydrogen-bond acceptors (Lipinski definition) is 5. The number of halogens is 1. The fraction of sp³-hybridized carbons (Fsp3) is 0.407. The smallest absolute Gasteiger partial charge is 0.290 e. The quantitative estimate of drug-likeness (QED) is 0.536. The van der Waals surface area contributed by atoms with Gasteiger partial charge in [0.1, 0.15) is 5.69 Å². The lowest BCUT2D eigenvalue weighted by Gasteiger charge is -2.37. The predicted molar refractivity (Wildman–Crippen MR) is 141 cm³/mol. The Bertz CT molecular complexity index is 1070. The third-order valence-electron chi connectivity index (χ3n) is 7.02. The summed E-state index contributed by atoms with van der Waals surface area (Å²) in [6, 6.07) is 23.1. The van der Waals surface area contributed by atoms with Crippen LogP contribution in [0.25, 0.3) is 0 Å².